The van der Waals surface area contributed by atoms with Gasteiger partial charge in [0.15, 0.2) is 0 Å². The first-order valence-electron chi connectivity index (χ1n) is 3.95. The second kappa shape index (κ2) is 4.18. The first-order valence-corrected chi connectivity index (χ1v) is 4.75. The molecular formula is C7H9BrClN3O2. The summed E-state index contributed by atoms with van der Waals surface area (Å²) in [5.74, 6) is 0.469. The van der Waals surface area contributed by atoms with E-state index in [1.54, 1.807) is 0 Å². The molecule has 2 rings (SSSR count). The highest BCUT2D eigenvalue weighted by Gasteiger charge is 2.22. The monoisotopic (exact) mass is 281 g/mol. The maximum Gasteiger partial charge on any atom is 0.327 e. The van der Waals surface area contributed by atoms with Crippen LogP contribution in [0.2, 0.25) is 0 Å². The first-order chi connectivity index (χ1) is 6.16. The molecule has 3 N–H and O–H groups in total. The van der Waals surface area contributed by atoms with Crippen LogP contribution >= 0.6 is 28.3 Å². The molecule has 0 aromatic carbocycles. The number of anilines is 1. The van der Waals surface area contributed by atoms with Crippen molar-refractivity contribution < 1.29 is 0 Å². The molecular weight excluding hydrogens is 273 g/mol. The molecule has 14 heavy (non-hydrogen) atoms. The molecule has 1 saturated carbocycles. The van der Waals surface area contributed by atoms with Crippen LogP contribution in [0, 0.1) is 0 Å². The highest BCUT2D eigenvalue weighted by Crippen LogP contribution is 2.25. The molecule has 1 aliphatic carbocycles. The molecule has 1 aliphatic rings. The van der Waals surface area contributed by atoms with Crippen LogP contribution in [-0.4, -0.2) is 16.0 Å². The lowest BCUT2D eigenvalue weighted by Gasteiger charge is -2.04. The summed E-state index contributed by atoms with van der Waals surface area (Å²) in [5.41, 5.74) is -0.900. The fraction of sp³-hybridized carbons (Fsp3) is 0.429. The zero-order valence-electron chi connectivity index (χ0n) is 7.09. The van der Waals surface area contributed by atoms with Crippen LogP contribution in [0.3, 0.4) is 0 Å². The van der Waals surface area contributed by atoms with E-state index in [0.29, 0.717) is 16.3 Å². The molecule has 5 nitrogen and oxygen atoms in total. The van der Waals surface area contributed by atoms with E-state index in [9.17, 15) is 9.59 Å². The zero-order valence-corrected chi connectivity index (χ0v) is 9.50. The van der Waals surface area contributed by atoms with E-state index < -0.39 is 11.2 Å². The van der Waals surface area contributed by atoms with Crippen molar-refractivity contribution in [3.05, 3.63) is 25.3 Å². The van der Waals surface area contributed by atoms with Crippen molar-refractivity contribution in [3.63, 3.8) is 0 Å². The summed E-state index contributed by atoms with van der Waals surface area (Å²) in [5, 5.41) is 3.04. The third-order valence-corrected chi connectivity index (χ3v) is 2.57. The molecule has 1 fully saturated rings. The summed E-state index contributed by atoms with van der Waals surface area (Å²) >= 11 is 3.09. The Hall–Kier alpha value is -0.750. The Morgan fingerprint density at radius 2 is 1.93 bits per heavy atom. The van der Waals surface area contributed by atoms with Crippen LogP contribution in [0.1, 0.15) is 12.8 Å². The summed E-state index contributed by atoms with van der Waals surface area (Å²) in [6, 6.07) is 0.397. The summed E-state index contributed by atoms with van der Waals surface area (Å²) < 4.78 is 0.346. The fourth-order valence-electron chi connectivity index (χ4n) is 1.00. The van der Waals surface area contributed by atoms with E-state index in [1.165, 1.54) is 0 Å². The molecule has 1 heterocycles. The van der Waals surface area contributed by atoms with Gasteiger partial charge in [-0.2, -0.15) is 0 Å². The third-order valence-electron chi connectivity index (χ3n) is 1.81. The average Bonchev–Trinajstić information content (AvgIpc) is 2.83. The summed E-state index contributed by atoms with van der Waals surface area (Å²) in [6.07, 6.45) is 2.17. The number of H-pyrrole nitrogens is 2. The van der Waals surface area contributed by atoms with Crippen LogP contribution in [0.5, 0.6) is 0 Å². The Bertz CT molecular complexity index is 437. The van der Waals surface area contributed by atoms with Gasteiger partial charge in [0.05, 0.1) is 0 Å². The summed E-state index contributed by atoms with van der Waals surface area (Å²) in [4.78, 5) is 26.6. The third kappa shape index (κ3) is 2.39. The molecule has 0 unspecified atom stereocenters. The van der Waals surface area contributed by atoms with Crippen LogP contribution < -0.4 is 16.6 Å². The Labute approximate surface area is 93.9 Å². The number of rotatable bonds is 2. The highest BCUT2D eigenvalue weighted by atomic mass is 79.9. The Balaban J connectivity index is 0.000000980. The van der Waals surface area contributed by atoms with Crippen molar-refractivity contribution in [1.82, 2.24) is 9.97 Å². The number of aromatic nitrogens is 2. The minimum Gasteiger partial charge on any atom is -0.368 e. The van der Waals surface area contributed by atoms with Gasteiger partial charge < -0.3 is 5.32 Å². The Morgan fingerprint density at radius 1 is 1.29 bits per heavy atom. The zero-order chi connectivity index (χ0) is 9.42. The largest absolute Gasteiger partial charge is 0.368 e. The van der Waals surface area contributed by atoms with Gasteiger partial charge >= 0.3 is 5.69 Å². The molecule has 1 aromatic heterocycles. The highest BCUT2D eigenvalue weighted by molar-refractivity contribution is 9.10. The maximum atomic E-state index is 11.1. The fourth-order valence-corrected chi connectivity index (χ4v) is 1.32. The molecule has 0 aliphatic heterocycles. The van der Waals surface area contributed by atoms with Crippen molar-refractivity contribution >= 4 is 34.2 Å². The summed E-state index contributed by atoms with van der Waals surface area (Å²) in [7, 11) is 0. The topological polar surface area (TPSA) is 77.8 Å². The number of nitrogens with one attached hydrogen (secondary N) is 3. The normalized spacial score (nSPS) is 14.6. The van der Waals surface area contributed by atoms with Gasteiger partial charge in [-0.05, 0) is 28.8 Å². The van der Waals surface area contributed by atoms with Gasteiger partial charge in [0.25, 0.3) is 5.56 Å². The van der Waals surface area contributed by atoms with E-state index >= 15 is 0 Å². The van der Waals surface area contributed by atoms with Gasteiger partial charge in [0.1, 0.15) is 10.3 Å². The first kappa shape index (κ1) is 11.3. The lowest BCUT2D eigenvalue weighted by Crippen LogP contribution is -2.25. The van der Waals surface area contributed by atoms with Crippen LogP contribution in [0.25, 0.3) is 0 Å². The molecule has 0 amide bonds. The predicted octanol–water partition coefficient (Wildman–Crippen LogP) is 0.822. The van der Waals surface area contributed by atoms with E-state index in [1.807, 2.05) is 0 Å². The summed E-state index contributed by atoms with van der Waals surface area (Å²) in [6.45, 7) is 0. The van der Waals surface area contributed by atoms with E-state index in [0.717, 1.165) is 12.8 Å². The van der Waals surface area contributed by atoms with Crippen molar-refractivity contribution in [1.29, 1.82) is 0 Å². The quantitative estimate of drug-likeness (QED) is 0.751. The molecule has 7 heteroatoms. The van der Waals surface area contributed by atoms with Gasteiger partial charge in [-0.25, -0.2) is 4.79 Å². The van der Waals surface area contributed by atoms with Gasteiger partial charge in [-0.15, -0.1) is 12.4 Å². The molecule has 78 valence electrons. The van der Waals surface area contributed by atoms with Crippen molar-refractivity contribution in [2.45, 2.75) is 18.9 Å². The minimum atomic E-state index is -0.489. The smallest absolute Gasteiger partial charge is 0.327 e. The van der Waals surface area contributed by atoms with E-state index in [2.05, 4.69) is 31.2 Å². The van der Waals surface area contributed by atoms with Crippen molar-refractivity contribution in [2.24, 2.45) is 0 Å². The minimum absolute atomic E-state index is 0. The van der Waals surface area contributed by atoms with Gasteiger partial charge in [-0.1, -0.05) is 0 Å². The Morgan fingerprint density at radius 3 is 2.50 bits per heavy atom. The van der Waals surface area contributed by atoms with Crippen molar-refractivity contribution in [3.8, 4) is 0 Å². The predicted molar refractivity (Wildman–Crippen MR) is 59.3 cm³/mol. The van der Waals surface area contributed by atoms with Crippen LogP contribution in [-0.2, 0) is 0 Å². The number of aromatic amines is 2. The molecule has 1 aromatic rings. The van der Waals surface area contributed by atoms with Gasteiger partial charge in [-0.3, -0.25) is 14.8 Å². The molecule has 0 radical (unpaired) electrons. The van der Waals surface area contributed by atoms with Crippen molar-refractivity contribution in [2.75, 3.05) is 5.32 Å². The lowest BCUT2D eigenvalue weighted by atomic mass is 10.5. The SMILES string of the molecule is Cl.O=c1[nH]c(NC2CC2)c(Br)c(=O)[nH]1. The molecule has 0 bridgehead atoms. The van der Waals surface area contributed by atoms with Gasteiger partial charge in [0, 0.05) is 6.04 Å². The van der Waals surface area contributed by atoms with E-state index in [-0.39, 0.29) is 12.4 Å². The standard InChI is InChI=1S/C7H8BrN3O2.ClH/c8-4-5(9-3-1-2-3)10-7(13)11-6(4)12;/h3H,1-2H2,(H3,9,10,11,12,13);1H. The van der Waals surface area contributed by atoms with Crippen LogP contribution in [0.4, 0.5) is 5.82 Å². The second-order valence-electron chi connectivity index (χ2n) is 3.02. The molecule has 0 saturated heterocycles. The average molecular weight is 283 g/mol. The van der Waals surface area contributed by atoms with E-state index in [4.69, 9.17) is 0 Å². The molecule has 0 spiro atoms. The number of hydrogen-bond acceptors (Lipinski definition) is 3. The maximum absolute atomic E-state index is 11.1. The lowest BCUT2D eigenvalue weighted by molar-refractivity contribution is 0.996. The molecule has 0 atom stereocenters. The van der Waals surface area contributed by atoms with Crippen LogP contribution in [0.15, 0.2) is 14.1 Å². The van der Waals surface area contributed by atoms with Gasteiger partial charge in [0.2, 0.25) is 0 Å². The number of hydrogen-bond donors (Lipinski definition) is 3. The number of halogens is 2. The Kier molecular flexibility index (Phi) is 3.38. The second-order valence-corrected chi connectivity index (χ2v) is 3.81.